The fourth-order valence-electron chi connectivity index (χ4n) is 2.91. The van der Waals surface area contributed by atoms with Crippen molar-refractivity contribution in [3.05, 3.63) is 35.9 Å². The average Bonchev–Trinajstić information content (AvgIpc) is 2.47. The predicted octanol–water partition coefficient (Wildman–Crippen LogP) is 1.67. The monoisotopic (exact) mass is 305 g/mol. The fourth-order valence-corrected chi connectivity index (χ4v) is 2.91. The van der Waals surface area contributed by atoms with E-state index in [2.05, 4.69) is 29.4 Å². The van der Waals surface area contributed by atoms with Crippen LogP contribution in [0.3, 0.4) is 0 Å². The number of hydrogen-bond donors (Lipinski definition) is 2. The molecule has 0 spiro atoms. The summed E-state index contributed by atoms with van der Waals surface area (Å²) in [6.45, 7) is 4.84. The Morgan fingerprint density at radius 2 is 2.18 bits per heavy atom. The van der Waals surface area contributed by atoms with Gasteiger partial charge in [-0.2, -0.15) is 0 Å². The highest BCUT2D eigenvalue weighted by Crippen LogP contribution is 2.10. The van der Waals surface area contributed by atoms with Crippen LogP contribution in [-0.2, 0) is 6.54 Å². The third-order valence-electron chi connectivity index (χ3n) is 3.93. The third-order valence-corrected chi connectivity index (χ3v) is 3.93. The number of likely N-dealkylation sites (tertiary alicyclic amines) is 1. The van der Waals surface area contributed by atoms with Gasteiger partial charge in [0, 0.05) is 32.2 Å². The molecule has 0 aliphatic carbocycles. The van der Waals surface area contributed by atoms with Crippen molar-refractivity contribution < 1.29 is 9.90 Å². The summed E-state index contributed by atoms with van der Waals surface area (Å²) in [5, 5.41) is 12.7. The van der Waals surface area contributed by atoms with Gasteiger partial charge >= 0.3 is 6.03 Å². The molecule has 0 bridgehead atoms. The highest BCUT2D eigenvalue weighted by molar-refractivity contribution is 5.74. The third kappa shape index (κ3) is 5.31. The van der Waals surface area contributed by atoms with Crippen LogP contribution in [0.5, 0.6) is 0 Å². The first-order valence-electron chi connectivity index (χ1n) is 8.00. The molecule has 0 aromatic heterocycles. The zero-order valence-corrected chi connectivity index (χ0v) is 13.5. The number of aliphatic hydroxyl groups excluding tert-OH is 1. The smallest absolute Gasteiger partial charge is 0.317 e. The molecular formula is C17H27N3O2. The highest BCUT2D eigenvalue weighted by atomic mass is 16.3. The van der Waals surface area contributed by atoms with Crippen molar-refractivity contribution in [3.8, 4) is 0 Å². The molecule has 1 aromatic carbocycles. The predicted molar refractivity (Wildman–Crippen MR) is 87.6 cm³/mol. The molecule has 2 amide bonds. The first-order valence-corrected chi connectivity index (χ1v) is 8.00. The molecule has 0 saturated carbocycles. The average molecular weight is 305 g/mol. The quantitative estimate of drug-likeness (QED) is 0.870. The Morgan fingerprint density at radius 1 is 1.45 bits per heavy atom. The topological polar surface area (TPSA) is 55.8 Å². The number of carbonyl (C=O) groups excluding carboxylic acids is 1. The Bertz CT molecular complexity index is 466. The molecular weight excluding hydrogens is 278 g/mol. The van der Waals surface area contributed by atoms with E-state index in [4.69, 9.17) is 0 Å². The summed E-state index contributed by atoms with van der Waals surface area (Å²) in [5.41, 5.74) is 1.27. The minimum absolute atomic E-state index is 0.0697. The van der Waals surface area contributed by atoms with Crippen LogP contribution in [0.1, 0.15) is 25.3 Å². The number of carbonyl (C=O) groups is 1. The zero-order chi connectivity index (χ0) is 15.9. The van der Waals surface area contributed by atoms with Crippen molar-refractivity contribution >= 4 is 6.03 Å². The molecule has 1 fully saturated rings. The summed E-state index contributed by atoms with van der Waals surface area (Å²) in [6, 6.07) is 10.3. The van der Waals surface area contributed by atoms with Gasteiger partial charge in [0.05, 0.1) is 6.10 Å². The number of nitrogens with zero attached hydrogens (tertiary/aromatic N) is 2. The number of nitrogens with one attached hydrogen (secondary N) is 1. The number of likely N-dealkylation sites (N-methyl/N-ethyl adjacent to an activating group) is 1. The van der Waals surface area contributed by atoms with Gasteiger partial charge in [-0.3, -0.25) is 0 Å². The maximum Gasteiger partial charge on any atom is 0.317 e. The second-order valence-electron chi connectivity index (χ2n) is 6.27. The summed E-state index contributed by atoms with van der Waals surface area (Å²) in [4.78, 5) is 16.1. The normalized spacial score (nSPS) is 20.0. The van der Waals surface area contributed by atoms with Gasteiger partial charge in [0.1, 0.15) is 0 Å². The van der Waals surface area contributed by atoms with Crippen LogP contribution in [0.25, 0.3) is 0 Å². The number of piperidine rings is 1. The van der Waals surface area contributed by atoms with E-state index in [1.165, 1.54) is 5.56 Å². The van der Waals surface area contributed by atoms with Crippen molar-refractivity contribution in [2.75, 3.05) is 26.7 Å². The first-order chi connectivity index (χ1) is 10.5. The largest absolute Gasteiger partial charge is 0.391 e. The van der Waals surface area contributed by atoms with Gasteiger partial charge in [0.25, 0.3) is 0 Å². The number of aliphatic hydroxyl groups is 1. The molecule has 2 rings (SSSR count). The van der Waals surface area contributed by atoms with Gasteiger partial charge in [-0.25, -0.2) is 4.79 Å². The van der Waals surface area contributed by atoms with Crippen LogP contribution in [0.15, 0.2) is 30.3 Å². The maximum absolute atomic E-state index is 12.2. The van der Waals surface area contributed by atoms with Gasteiger partial charge in [0.15, 0.2) is 0 Å². The standard InChI is InChI=1S/C17H27N3O2/c1-14(11-19(2)12-15-7-4-3-5-8-15)18-17(22)20-10-6-9-16(21)13-20/h3-5,7-8,14,16,21H,6,9-13H2,1-2H3,(H,18,22)/t14-,16-/m0/s1. The number of urea groups is 1. The highest BCUT2D eigenvalue weighted by Gasteiger charge is 2.23. The fraction of sp³-hybridized carbons (Fsp3) is 0.588. The Labute approximate surface area is 132 Å². The van der Waals surface area contributed by atoms with Gasteiger partial charge in [-0.05, 0) is 32.4 Å². The molecule has 2 N–H and O–H groups in total. The van der Waals surface area contributed by atoms with E-state index in [1.807, 2.05) is 25.1 Å². The lowest BCUT2D eigenvalue weighted by molar-refractivity contribution is 0.0830. The lowest BCUT2D eigenvalue weighted by atomic mass is 10.1. The van der Waals surface area contributed by atoms with Gasteiger partial charge in [-0.15, -0.1) is 0 Å². The molecule has 0 radical (unpaired) electrons. The van der Waals surface area contributed by atoms with Crippen LogP contribution >= 0.6 is 0 Å². The van der Waals surface area contributed by atoms with E-state index in [0.29, 0.717) is 6.54 Å². The van der Waals surface area contributed by atoms with E-state index in [-0.39, 0.29) is 18.2 Å². The lowest BCUT2D eigenvalue weighted by Gasteiger charge is -2.32. The van der Waals surface area contributed by atoms with E-state index < -0.39 is 0 Å². The lowest BCUT2D eigenvalue weighted by Crippen LogP contribution is -2.51. The van der Waals surface area contributed by atoms with Crippen molar-refractivity contribution in [2.45, 2.75) is 38.5 Å². The number of benzene rings is 1. The number of rotatable bonds is 5. The van der Waals surface area contributed by atoms with Crippen LogP contribution in [0.4, 0.5) is 4.79 Å². The minimum atomic E-state index is -0.379. The van der Waals surface area contributed by atoms with E-state index >= 15 is 0 Å². The summed E-state index contributed by atoms with van der Waals surface area (Å²) < 4.78 is 0. The van der Waals surface area contributed by atoms with Gasteiger partial charge < -0.3 is 20.2 Å². The van der Waals surface area contributed by atoms with Crippen molar-refractivity contribution in [1.82, 2.24) is 15.1 Å². The van der Waals surface area contributed by atoms with E-state index in [0.717, 1.165) is 32.5 Å². The van der Waals surface area contributed by atoms with Crippen molar-refractivity contribution in [1.29, 1.82) is 0 Å². The van der Waals surface area contributed by atoms with Gasteiger partial charge in [0.2, 0.25) is 0 Å². The van der Waals surface area contributed by atoms with E-state index in [1.54, 1.807) is 4.90 Å². The second kappa shape index (κ2) is 8.15. The van der Waals surface area contributed by atoms with Crippen molar-refractivity contribution in [2.24, 2.45) is 0 Å². The number of amides is 2. The second-order valence-corrected chi connectivity index (χ2v) is 6.27. The first kappa shape index (κ1) is 16.8. The Hall–Kier alpha value is -1.59. The van der Waals surface area contributed by atoms with Crippen LogP contribution in [0.2, 0.25) is 0 Å². The van der Waals surface area contributed by atoms with E-state index in [9.17, 15) is 9.90 Å². The molecule has 122 valence electrons. The Morgan fingerprint density at radius 3 is 2.86 bits per heavy atom. The summed E-state index contributed by atoms with van der Waals surface area (Å²) in [5.74, 6) is 0. The number of β-amino-alcohol motifs (C(OH)–C–C–N with tert-alkyl or cyclic N) is 1. The molecule has 0 unspecified atom stereocenters. The molecule has 2 atom stereocenters. The Kier molecular flexibility index (Phi) is 6.21. The molecule has 1 aliphatic rings. The molecule has 1 aromatic rings. The van der Waals surface area contributed by atoms with Crippen molar-refractivity contribution in [3.63, 3.8) is 0 Å². The Balaban J connectivity index is 1.74. The van der Waals surface area contributed by atoms with Crippen LogP contribution in [-0.4, -0.2) is 59.8 Å². The molecule has 22 heavy (non-hydrogen) atoms. The minimum Gasteiger partial charge on any atom is -0.391 e. The summed E-state index contributed by atoms with van der Waals surface area (Å²) >= 11 is 0. The van der Waals surface area contributed by atoms with Gasteiger partial charge in [-0.1, -0.05) is 30.3 Å². The summed E-state index contributed by atoms with van der Waals surface area (Å²) in [6.07, 6.45) is 1.28. The van der Waals surface area contributed by atoms with Crippen LogP contribution < -0.4 is 5.32 Å². The maximum atomic E-state index is 12.2. The summed E-state index contributed by atoms with van der Waals surface area (Å²) in [7, 11) is 2.06. The molecule has 5 nitrogen and oxygen atoms in total. The SMILES string of the molecule is C[C@@H](CN(C)Cc1ccccc1)NC(=O)N1CCC[C@H](O)C1. The molecule has 1 aliphatic heterocycles. The zero-order valence-electron chi connectivity index (χ0n) is 13.5. The van der Waals surface area contributed by atoms with Crippen LogP contribution in [0, 0.1) is 0 Å². The molecule has 1 saturated heterocycles. The number of hydrogen-bond acceptors (Lipinski definition) is 3. The molecule has 1 heterocycles. The molecule has 5 heteroatoms.